The maximum absolute atomic E-state index is 11.8. The van der Waals surface area contributed by atoms with Crippen molar-refractivity contribution in [2.75, 3.05) is 19.0 Å². The normalized spacial score (nSPS) is 11.4. The van der Waals surface area contributed by atoms with Gasteiger partial charge in [-0.1, -0.05) is 18.2 Å². The summed E-state index contributed by atoms with van der Waals surface area (Å²) in [5.74, 6) is 1.51. The molecule has 2 aromatic rings. The van der Waals surface area contributed by atoms with E-state index in [2.05, 4.69) is 10.6 Å². The first-order valence-electron chi connectivity index (χ1n) is 7.07. The highest BCUT2D eigenvalue weighted by molar-refractivity contribution is 5.89. The number of hydrogen-bond acceptors (Lipinski definition) is 3. The van der Waals surface area contributed by atoms with Crippen molar-refractivity contribution >= 4 is 11.7 Å². The van der Waals surface area contributed by atoms with Crippen molar-refractivity contribution in [3.63, 3.8) is 0 Å². The predicted molar refractivity (Wildman–Crippen MR) is 86.5 cm³/mol. The number of anilines is 1. The summed E-state index contributed by atoms with van der Waals surface area (Å²) >= 11 is 0. The number of methoxy groups -OCH3 is 1. The number of carbonyl (C=O) groups is 1. The number of ether oxygens (including phenoxy) is 2. The van der Waals surface area contributed by atoms with Crippen LogP contribution in [0.3, 0.4) is 0 Å². The van der Waals surface area contributed by atoms with Crippen LogP contribution in [0.2, 0.25) is 0 Å². The second-order valence-electron chi connectivity index (χ2n) is 4.85. The zero-order valence-electron chi connectivity index (χ0n) is 12.7. The van der Waals surface area contributed by atoms with Crippen LogP contribution in [0.25, 0.3) is 0 Å². The molecule has 5 nitrogen and oxygen atoms in total. The lowest BCUT2D eigenvalue weighted by Gasteiger charge is -2.15. The molecule has 22 heavy (non-hydrogen) atoms. The van der Waals surface area contributed by atoms with Crippen molar-refractivity contribution in [3.8, 4) is 11.5 Å². The largest absolute Gasteiger partial charge is 0.497 e. The molecule has 2 N–H and O–H groups in total. The van der Waals surface area contributed by atoms with Crippen LogP contribution < -0.4 is 20.1 Å². The Morgan fingerprint density at radius 3 is 2.32 bits per heavy atom. The Hall–Kier alpha value is -2.69. The number of amides is 2. The summed E-state index contributed by atoms with van der Waals surface area (Å²) in [6.07, 6.45) is 0. The average Bonchev–Trinajstić information content (AvgIpc) is 2.54. The highest BCUT2D eigenvalue weighted by Gasteiger charge is 2.08. The van der Waals surface area contributed by atoms with Crippen LogP contribution in [0.1, 0.15) is 6.92 Å². The quantitative estimate of drug-likeness (QED) is 0.860. The lowest BCUT2D eigenvalue weighted by atomic mass is 10.3. The molecule has 116 valence electrons. The third kappa shape index (κ3) is 5.01. The van der Waals surface area contributed by atoms with Gasteiger partial charge in [-0.25, -0.2) is 4.79 Å². The Kier molecular flexibility index (Phi) is 5.65. The second-order valence-corrected chi connectivity index (χ2v) is 4.85. The molecule has 2 rings (SSSR count). The number of carbonyl (C=O) groups excluding carboxylic acids is 1. The van der Waals surface area contributed by atoms with E-state index in [4.69, 9.17) is 9.47 Å². The minimum absolute atomic E-state index is 0.120. The van der Waals surface area contributed by atoms with Gasteiger partial charge in [-0.05, 0) is 43.3 Å². The van der Waals surface area contributed by atoms with Gasteiger partial charge < -0.3 is 20.1 Å². The van der Waals surface area contributed by atoms with Gasteiger partial charge in [-0.2, -0.15) is 0 Å². The van der Waals surface area contributed by atoms with Gasteiger partial charge in [0.15, 0.2) is 0 Å². The Morgan fingerprint density at radius 1 is 1.05 bits per heavy atom. The van der Waals surface area contributed by atoms with E-state index in [-0.39, 0.29) is 12.1 Å². The zero-order valence-corrected chi connectivity index (χ0v) is 12.7. The van der Waals surface area contributed by atoms with Crippen LogP contribution in [0, 0.1) is 0 Å². The molecule has 0 unspecified atom stereocenters. The van der Waals surface area contributed by atoms with E-state index in [1.165, 1.54) is 0 Å². The molecule has 0 aliphatic carbocycles. The zero-order chi connectivity index (χ0) is 15.8. The van der Waals surface area contributed by atoms with Gasteiger partial charge in [0.25, 0.3) is 0 Å². The molecular weight excluding hydrogens is 280 g/mol. The number of urea groups is 1. The van der Waals surface area contributed by atoms with Crippen molar-refractivity contribution < 1.29 is 14.3 Å². The van der Waals surface area contributed by atoms with Gasteiger partial charge in [0.2, 0.25) is 0 Å². The van der Waals surface area contributed by atoms with Crippen LogP contribution in [0.5, 0.6) is 11.5 Å². The Balaban J connectivity index is 1.74. The predicted octanol–water partition coefficient (Wildman–Crippen LogP) is 3.28. The number of rotatable bonds is 6. The molecule has 0 saturated carbocycles. The first kappa shape index (κ1) is 15.7. The van der Waals surface area contributed by atoms with Gasteiger partial charge in [-0.3, -0.25) is 0 Å². The van der Waals surface area contributed by atoms with Crippen molar-refractivity contribution in [2.24, 2.45) is 0 Å². The molecule has 2 aromatic carbocycles. The molecule has 0 heterocycles. The minimum Gasteiger partial charge on any atom is -0.497 e. The van der Waals surface area contributed by atoms with Crippen LogP contribution >= 0.6 is 0 Å². The van der Waals surface area contributed by atoms with Crippen LogP contribution in [0.15, 0.2) is 54.6 Å². The number of para-hydroxylation sites is 1. The van der Waals surface area contributed by atoms with Crippen molar-refractivity contribution in [3.05, 3.63) is 54.6 Å². The molecule has 0 radical (unpaired) electrons. The molecule has 2 amide bonds. The fourth-order valence-corrected chi connectivity index (χ4v) is 1.85. The molecule has 5 heteroatoms. The van der Waals surface area contributed by atoms with Gasteiger partial charge in [-0.15, -0.1) is 0 Å². The molecule has 1 atom stereocenters. The van der Waals surface area contributed by atoms with E-state index in [1.807, 2.05) is 61.5 Å². The van der Waals surface area contributed by atoms with Crippen LogP contribution in [-0.2, 0) is 0 Å². The number of hydrogen-bond donors (Lipinski definition) is 2. The van der Waals surface area contributed by atoms with Gasteiger partial charge in [0, 0.05) is 5.69 Å². The monoisotopic (exact) mass is 300 g/mol. The number of nitrogens with one attached hydrogen (secondary N) is 2. The lowest BCUT2D eigenvalue weighted by Crippen LogP contribution is -2.39. The topological polar surface area (TPSA) is 59.6 Å². The molecule has 0 saturated heterocycles. The highest BCUT2D eigenvalue weighted by atomic mass is 16.5. The standard InChI is InChI=1S/C17H20N2O3/c1-13(12-22-16-10-8-15(21-2)9-11-16)18-17(20)19-14-6-4-3-5-7-14/h3-11,13H,12H2,1-2H3,(H2,18,19,20)/t13-/m0/s1. The van der Waals surface area contributed by atoms with Crippen molar-refractivity contribution in [1.29, 1.82) is 0 Å². The lowest BCUT2D eigenvalue weighted by molar-refractivity contribution is 0.236. The van der Waals surface area contributed by atoms with E-state index < -0.39 is 0 Å². The van der Waals surface area contributed by atoms with Crippen LogP contribution in [0.4, 0.5) is 10.5 Å². The van der Waals surface area contributed by atoms with E-state index in [0.717, 1.165) is 17.2 Å². The maximum atomic E-state index is 11.8. The molecule has 0 spiro atoms. The average molecular weight is 300 g/mol. The first-order chi connectivity index (χ1) is 10.7. The van der Waals surface area contributed by atoms with Gasteiger partial charge in [0.1, 0.15) is 18.1 Å². The molecule has 0 aromatic heterocycles. The van der Waals surface area contributed by atoms with Gasteiger partial charge >= 0.3 is 6.03 Å². The first-order valence-corrected chi connectivity index (χ1v) is 7.07. The van der Waals surface area contributed by atoms with E-state index in [0.29, 0.717) is 6.61 Å². The smallest absolute Gasteiger partial charge is 0.319 e. The summed E-state index contributed by atoms with van der Waals surface area (Å²) in [7, 11) is 1.62. The molecule has 0 fully saturated rings. The van der Waals surface area contributed by atoms with Crippen molar-refractivity contribution in [1.82, 2.24) is 5.32 Å². The second kappa shape index (κ2) is 7.93. The summed E-state index contributed by atoms with van der Waals surface area (Å²) in [6, 6.07) is 16.2. The summed E-state index contributed by atoms with van der Waals surface area (Å²) < 4.78 is 10.7. The third-order valence-corrected chi connectivity index (χ3v) is 2.97. The van der Waals surface area contributed by atoms with E-state index in [9.17, 15) is 4.79 Å². The van der Waals surface area contributed by atoms with E-state index in [1.54, 1.807) is 7.11 Å². The molecule has 0 aliphatic rings. The van der Waals surface area contributed by atoms with Crippen LogP contribution in [-0.4, -0.2) is 25.8 Å². The summed E-state index contributed by atoms with van der Waals surface area (Å²) in [6.45, 7) is 2.27. The SMILES string of the molecule is COc1ccc(OC[C@H](C)NC(=O)Nc2ccccc2)cc1. The summed E-state index contributed by atoms with van der Waals surface area (Å²) in [5, 5.41) is 5.59. The highest BCUT2D eigenvalue weighted by Crippen LogP contribution is 2.17. The Bertz CT molecular complexity index is 585. The Labute approximate surface area is 130 Å². The minimum atomic E-state index is -0.253. The fraction of sp³-hybridized carbons (Fsp3) is 0.235. The molecule has 0 bridgehead atoms. The van der Waals surface area contributed by atoms with Gasteiger partial charge in [0.05, 0.1) is 13.2 Å². The third-order valence-electron chi connectivity index (χ3n) is 2.97. The number of benzene rings is 2. The summed E-state index contributed by atoms with van der Waals surface area (Å²) in [4.78, 5) is 11.8. The van der Waals surface area contributed by atoms with E-state index >= 15 is 0 Å². The fourth-order valence-electron chi connectivity index (χ4n) is 1.85. The maximum Gasteiger partial charge on any atom is 0.319 e. The van der Waals surface area contributed by atoms with Crippen molar-refractivity contribution in [2.45, 2.75) is 13.0 Å². The molecular formula is C17H20N2O3. The Morgan fingerprint density at radius 2 is 1.68 bits per heavy atom. The summed E-state index contributed by atoms with van der Waals surface area (Å²) in [5.41, 5.74) is 0.753. The molecule has 0 aliphatic heterocycles.